The van der Waals surface area contributed by atoms with Crippen LogP contribution in [0.25, 0.3) is 10.2 Å². The number of rotatable bonds is 5. The second-order valence-corrected chi connectivity index (χ2v) is 8.60. The fourth-order valence-corrected chi connectivity index (χ4v) is 4.44. The molecule has 3 aromatic rings. The van der Waals surface area contributed by atoms with Crippen LogP contribution in [-0.2, 0) is 9.84 Å². The standard InChI is InChI=1S/C16H17N3O2S2/c1-11-10-14-15(18-12(2)19-16(14)22-11)17-8-9-23(20,21)13-6-4-3-5-7-13/h3-7,10H,8-9H2,1-2H3,(H,17,18,19). The molecule has 0 unspecified atom stereocenters. The summed E-state index contributed by atoms with van der Waals surface area (Å²) in [4.78, 5) is 11.2. The van der Waals surface area contributed by atoms with Crippen LogP contribution in [0.1, 0.15) is 10.7 Å². The highest BCUT2D eigenvalue weighted by atomic mass is 32.2. The van der Waals surface area contributed by atoms with Crippen molar-refractivity contribution in [2.24, 2.45) is 0 Å². The molecule has 2 aromatic heterocycles. The highest BCUT2D eigenvalue weighted by Crippen LogP contribution is 2.28. The number of thiophene rings is 1. The first-order valence-corrected chi connectivity index (χ1v) is 9.69. The van der Waals surface area contributed by atoms with Crippen molar-refractivity contribution in [2.45, 2.75) is 18.7 Å². The molecule has 0 spiro atoms. The van der Waals surface area contributed by atoms with Gasteiger partial charge in [-0.25, -0.2) is 18.4 Å². The molecule has 0 radical (unpaired) electrons. The molecule has 0 bridgehead atoms. The van der Waals surface area contributed by atoms with Gasteiger partial charge in [-0.2, -0.15) is 0 Å². The van der Waals surface area contributed by atoms with Crippen LogP contribution in [0.3, 0.4) is 0 Å². The lowest BCUT2D eigenvalue weighted by atomic mass is 10.3. The van der Waals surface area contributed by atoms with Gasteiger partial charge < -0.3 is 5.32 Å². The van der Waals surface area contributed by atoms with Crippen molar-refractivity contribution in [2.75, 3.05) is 17.6 Å². The highest BCUT2D eigenvalue weighted by Gasteiger charge is 2.14. The first-order valence-electron chi connectivity index (χ1n) is 7.22. The second kappa shape index (κ2) is 6.25. The Hall–Kier alpha value is -1.99. The monoisotopic (exact) mass is 347 g/mol. The van der Waals surface area contributed by atoms with E-state index in [1.807, 2.05) is 19.9 Å². The zero-order chi connectivity index (χ0) is 16.4. The third-order valence-corrected chi connectivity index (χ3v) is 6.07. The van der Waals surface area contributed by atoms with E-state index in [-0.39, 0.29) is 5.75 Å². The number of aromatic nitrogens is 2. The molecule has 5 nitrogen and oxygen atoms in total. The third kappa shape index (κ3) is 3.51. The van der Waals surface area contributed by atoms with Crippen molar-refractivity contribution >= 4 is 37.2 Å². The van der Waals surface area contributed by atoms with E-state index in [0.717, 1.165) is 15.1 Å². The Morgan fingerprint density at radius 3 is 2.61 bits per heavy atom. The largest absolute Gasteiger partial charge is 0.368 e. The van der Waals surface area contributed by atoms with Crippen molar-refractivity contribution in [3.63, 3.8) is 0 Å². The van der Waals surface area contributed by atoms with Crippen LogP contribution in [0.5, 0.6) is 0 Å². The lowest BCUT2D eigenvalue weighted by Crippen LogP contribution is -2.16. The smallest absolute Gasteiger partial charge is 0.180 e. The summed E-state index contributed by atoms with van der Waals surface area (Å²) in [5, 5.41) is 4.08. The van der Waals surface area contributed by atoms with Gasteiger partial charge in [-0.15, -0.1) is 11.3 Å². The van der Waals surface area contributed by atoms with E-state index in [0.29, 0.717) is 23.1 Å². The number of benzene rings is 1. The molecule has 0 atom stereocenters. The minimum atomic E-state index is -3.29. The molecular formula is C16H17N3O2S2. The van der Waals surface area contributed by atoms with Gasteiger partial charge in [0, 0.05) is 11.4 Å². The predicted octanol–water partition coefficient (Wildman–Crippen LogP) is 3.19. The van der Waals surface area contributed by atoms with E-state index in [1.54, 1.807) is 41.7 Å². The Kier molecular flexibility index (Phi) is 4.32. The van der Waals surface area contributed by atoms with Gasteiger partial charge >= 0.3 is 0 Å². The van der Waals surface area contributed by atoms with Crippen molar-refractivity contribution in [1.82, 2.24) is 9.97 Å². The van der Waals surface area contributed by atoms with Crippen LogP contribution in [-0.4, -0.2) is 30.7 Å². The number of sulfone groups is 1. The number of nitrogens with one attached hydrogen (secondary N) is 1. The van der Waals surface area contributed by atoms with Gasteiger partial charge in [0.15, 0.2) is 9.84 Å². The number of nitrogens with zero attached hydrogens (tertiary/aromatic N) is 2. The Morgan fingerprint density at radius 1 is 1.13 bits per heavy atom. The number of aryl methyl sites for hydroxylation is 2. The summed E-state index contributed by atoms with van der Waals surface area (Å²) in [6.45, 7) is 4.16. The summed E-state index contributed by atoms with van der Waals surface area (Å²) in [7, 11) is -3.29. The predicted molar refractivity (Wildman–Crippen MR) is 93.9 cm³/mol. The zero-order valence-corrected chi connectivity index (χ0v) is 14.5. The van der Waals surface area contributed by atoms with E-state index in [9.17, 15) is 8.42 Å². The summed E-state index contributed by atoms with van der Waals surface area (Å²) in [5.41, 5.74) is 0. The van der Waals surface area contributed by atoms with Crippen molar-refractivity contribution in [3.05, 3.63) is 47.1 Å². The van der Waals surface area contributed by atoms with Gasteiger partial charge in [-0.3, -0.25) is 0 Å². The normalized spacial score (nSPS) is 11.7. The van der Waals surface area contributed by atoms with Gasteiger partial charge in [0.1, 0.15) is 16.5 Å². The van der Waals surface area contributed by atoms with Crippen LogP contribution < -0.4 is 5.32 Å². The average molecular weight is 347 g/mol. The van der Waals surface area contributed by atoms with Gasteiger partial charge in [0.2, 0.25) is 0 Å². The van der Waals surface area contributed by atoms with E-state index in [2.05, 4.69) is 15.3 Å². The molecule has 0 saturated carbocycles. The summed E-state index contributed by atoms with van der Waals surface area (Å²) in [6.07, 6.45) is 0. The number of fused-ring (bicyclic) bond motifs is 1. The zero-order valence-electron chi connectivity index (χ0n) is 12.9. The number of hydrogen-bond acceptors (Lipinski definition) is 6. The van der Waals surface area contributed by atoms with Crippen molar-refractivity contribution < 1.29 is 8.42 Å². The Bertz CT molecular complexity index is 935. The molecule has 0 aliphatic heterocycles. The van der Waals surface area contributed by atoms with Crippen LogP contribution >= 0.6 is 11.3 Å². The second-order valence-electron chi connectivity index (χ2n) is 5.25. The molecular weight excluding hydrogens is 330 g/mol. The summed E-state index contributed by atoms with van der Waals surface area (Å²) < 4.78 is 24.6. The quantitative estimate of drug-likeness (QED) is 0.767. The highest BCUT2D eigenvalue weighted by molar-refractivity contribution is 7.91. The van der Waals surface area contributed by atoms with E-state index in [1.165, 1.54) is 0 Å². The Morgan fingerprint density at radius 2 is 1.87 bits per heavy atom. The molecule has 0 amide bonds. The number of hydrogen-bond donors (Lipinski definition) is 1. The topological polar surface area (TPSA) is 72.0 Å². The fraction of sp³-hybridized carbons (Fsp3) is 0.250. The average Bonchev–Trinajstić information content (AvgIpc) is 2.88. The molecule has 1 N–H and O–H groups in total. The Balaban J connectivity index is 1.77. The molecule has 3 rings (SSSR count). The summed E-state index contributed by atoms with van der Waals surface area (Å²) in [6, 6.07) is 10.5. The molecule has 0 aliphatic rings. The van der Waals surface area contributed by atoms with E-state index >= 15 is 0 Å². The van der Waals surface area contributed by atoms with Crippen molar-refractivity contribution in [3.8, 4) is 0 Å². The SMILES string of the molecule is Cc1nc(NCCS(=O)(=O)c2ccccc2)c2cc(C)sc2n1. The van der Waals surface area contributed by atoms with Crippen LogP contribution in [0.2, 0.25) is 0 Å². The minimum Gasteiger partial charge on any atom is -0.368 e. The van der Waals surface area contributed by atoms with Crippen LogP contribution in [0, 0.1) is 13.8 Å². The molecule has 0 saturated heterocycles. The maximum atomic E-state index is 12.3. The summed E-state index contributed by atoms with van der Waals surface area (Å²) in [5.74, 6) is 1.39. The van der Waals surface area contributed by atoms with Gasteiger partial charge in [0.05, 0.1) is 16.0 Å². The molecule has 120 valence electrons. The van der Waals surface area contributed by atoms with Gasteiger partial charge in [-0.05, 0) is 32.0 Å². The molecule has 0 fully saturated rings. The maximum absolute atomic E-state index is 12.3. The van der Waals surface area contributed by atoms with Crippen LogP contribution in [0.15, 0.2) is 41.3 Å². The molecule has 2 heterocycles. The lowest BCUT2D eigenvalue weighted by molar-refractivity contribution is 0.596. The Labute approximate surface area is 139 Å². The maximum Gasteiger partial charge on any atom is 0.180 e. The number of anilines is 1. The molecule has 7 heteroatoms. The van der Waals surface area contributed by atoms with E-state index < -0.39 is 9.84 Å². The summed E-state index contributed by atoms with van der Waals surface area (Å²) >= 11 is 1.61. The first-order chi connectivity index (χ1) is 11.0. The first kappa shape index (κ1) is 15.9. The van der Waals surface area contributed by atoms with Gasteiger partial charge in [-0.1, -0.05) is 18.2 Å². The molecule has 1 aromatic carbocycles. The van der Waals surface area contributed by atoms with Crippen LogP contribution in [0.4, 0.5) is 5.82 Å². The van der Waals surface area contributed by atoms with Gasteiger partial charge in [0.25, 0.3) is 0 Å². The van der Waals surface area contributed by atoms with Crippen molar-refractivity contribution in [1.29, 1.82) is 0 Å². The fourth-order valence-electron chi connectivity index (χ4n) is 2.33. The lowest BCUT2D eigenvalue weighted by Gasteiger charge is -2.08. The minimum absolute atomic E-state index is 0.0185. The van der Waals surface area contributed by atoms with E-state index in [4.69, 9.17) is 0 Å². The third-order valence-electron chi connectivity index (χ3n) is 3.39. The molecule has 23 heavy (non-hydrogen) atoms. The molecule has 0 aliphatic carbocycles.